The lowest BCUT2D eigenvalue weighted by molar-refractivity contribution is -0.113. The van der Waals surface area contributed by atoms with Gasteiger partial charge in [0.15, 0.2) is 5.76 Å². The second kappa shape index (κ2) is 7.79. The fourth-order valence-corrected chi connectivity index (χ4v) is 2.38. The van der Waals surface area contributed by atoms with Crippen LogP contribution in [-0.2, 0) is 4.79 Å². The van der Waals surface area contributed by atoms with Crippen molar-refractivity contribution in [2.24, 2.45) is 0 Å². The van der Waals surface area contributed by atoms with E-state index in [0.717, 1.165) is 11.8 Å². The molecule has 0 aliphatic rings. The van der Waals surface area contributed by atoms with Gasteiger partial charge in [-0.15, -0.1) is 10.2 Å². The summed E-state index contributed by atoms with van der Waals surface area (Å²) in [5, 5.41) is 10.5. The number of anilines is 1. The normalized spacial score (nSPS) is 10.8. The number of halogens is 2. The molecule has 2 aromatic heterocycles. The summed E-state index contributed by atoms with van der Waals surface area (Å²) in [6, 6.07) is 8.96. The minimum absolute atomic E-state index is 0.0127. The molecular formula is C15H11F2N3O4S. The molecule has 0 spiro atoms. The number of carbonyl (C=O) groups is 1. The molecule has 0 radical (unpaired) electrons. The maximum Gasteiger partial charge on any atom is 0.387 e. The molecular weight excluding hydrogens is 356 g/mol. The average Bonchev–Trinajstić information content (AvgIpc) is 3.25. The predicted molar refractivity (Wildman–Crippen MR) is 84.4 cm³/mol. The van der Waals surface area contributed by atoms with Gasteiger partial charge in [0.2, 0.25) is 5.91 Å². The van der Waals surface area contributed by atoms with Crippen LogP contribution in [0.1, 0.15) is 0 Å². The number of benzene rings is 1. The van der Waals surface area contributed by atoms with Gasteiger partial charge in [0.1, 0.15) is 5.75 Å². The van der Waals surface area contributed by atoms with Crippen LogP contribution in [0, 0.1) is 0 Å². The summed E-state index contributed by atoms with van der Waals surface area (Å²) in [6.07, 6.45) is 1.48. The maximum atomic E-state index is 12.1. The third-order valence-corrected chi connectivity index (χ3v) is 3.65. The van der Waals surface area contributed by atoms with E-state index in [2.05, 4.69) is 20.3 Å². The van der Waals surface area contributed by atoms with E-state index in [0.29, 0.717) is 11.4 Å². The van der Waals surface area contributed by atoms with Crippen molar-refractivity contribution < 1.29 is 27.1 Å². The van der Waals surface area contributed by atoms with Crippen LogP contribution in [0.4, 0.5) is 14.5 Å². The number of furan rings is 1. The zero-order valence-electron chi connectivity index (χ0n) is 12.5. The molecule has 0 atom stereocenters. The van der Waals surface area contributed by atoms with Crippen molar-refractivity contribution in [3.05, 3.63) is 42.7 Å². The second-order valence-electron chi connectivity index (χ2n) is 4.59. The van der Waals surface area contributed by atoms with Crippen molar-refractivity contribution in [2.45, 2.75) is 11.8 Å². The van der Waals surface area contributed by atoms with E-state index in [1.165, 1.54) is 30.5 Å². The zero-order valence-corrected chi connectivity index (χ0v) is 13.3. The van der Waals surface area contributed by atoms with Crippen LogP contribution < -0.4 is 10.1 Å². The number of thioether (sulfide) groups is 1. The lowest BCUT2D eigenvalue weighted by Gasteiger charge is -2.06. The molecule has 1 N–H and O–H groups in total. The standard InChI is InChI=1S/C15H11F2N3O4S/c16-14(17)23-10-5-3-9(4-6-10)18-12(21)8-25-15-20-19-13(24-15)11-2-1-7-22-11/h1-7,14H,8H2,(H,18,21). The van der Waals surface area contributed by atoms with Gasteiger partial charge in [0.05, 0.1) is 12.0 Å². The Morgan fingerprint density at radius 1 is 1.24 bits per heavy atom. The summed E-state index contributed by atoms with van der Waals surface area (Å²) in [6.45, 7) is -2.89. The Bertz CT molecular complexity index is 822. The number of nitrogens with zero attached hydrogens (tertiary/aromatic N) is 2. The summed E-state index contributed by atoms with van der Waals surface area (Å²) in [4.78, 5) is 11.9. The summed E-state index contributed by atoms with van der Waals surface area (Å²) < 4.78 is 38.8. The van der Waals surface area contributed by atoms with Crippen LogP contribution in [0.15, 0.2) is 56.7 Å². The summed E-state index contributed by atoms with van der Waals surface area (Å²) >= 11 is 1.06. The Morgan fingerprint density at radius 3 is 2.72 bits per heavy atom. The highest BCUT2D eigenvalue weighted by Gasteiger charge is 2.13. The largest absolute Gasteiger partial charge is 0.459 e. The van der Waals surface area contributed by atoms with Crippen LogP contribution >= 0.6 is 11.8 Å². The molecule has 3 rings (SSSR count). The molecule has 2 heterocycles. The van der Waals surface area contributed by atoms with Crippen molar-refractivity contribution in [1.82, 2.24) is 10.2 Å². The Morgan fingerprint density at radius 2 is 2.04 bits per heavy atom. The molecule has 10 heteroatoms. The van der Waals surface area contributed by atoms with E-state index in [1.807, 2.05) is 0 Å². The third-order valence-electron chi connectivity index (χ3n) is 2.83. The van der Waals surface area contributed by atoms with Crippen molar-refractivity contribution >= 4 is 23.4 Å². The first kappa shape index (κ1) is 17.0. The molecule has 0 saturated carbocycles. The van der Waals surface area contributed by atoms with E-state index >= 15 is 0 Å². The van der Waals surface area contributed by atoms with Gasteiger partial charge in [-0.3, -0.25) is 4.79 Å². The topological polar surface area (TPSA) is 90.4 Å². The number of ether oxygens (including phenoxy) is 1. The molecule has 25 heavy (non-hydrogen) atoms. The van der Waals surface area contributed by atoms with E-state index in [1.54, 1.807) is 12.1 Å². The summed E-state index contributed by atoms with van der Waals surface area (Å²) in [5.41, 5.74) is 0.453. The summed E-state index contributed by atoms with van der Waals surface area (Å²) in [7, 11) is 0. The molecule has 3 aromatic rings. The van der Waals surface area contributed by atoms with Crippen LogP contribution in [0.2, 0.25) is 0 Å². The Kier molecular flexibility index (Phi) is 5.29. The van der Waals surface area contributed by atoms with Crippen LogP contribution in [0.5, 0.6) is 5.75 Å². The highest BCUT2D eigenvalue weighted by atomic mass is 32.2. The molecule has 0 bridgehead atoms. The minimum Gasteiger partial charge on any atom is -0.459 e. The lowest BCUT2D eigenvalue weighted by Crippen LogP contribution is -2.14. The number of alkyl halides is 2. The monoisotopic (exact) mass is 367 g/mol. The SMILES string of the molecule is O=C(CSc1nnc(-c2ccco2)o1)Nc1ccc(OC(F)F)cc1. The smallest absolute Gasteiger partial charge is 0.387 e. The van der Waals surface area contributed by atoms with Crippen LogP contribution in [0.3, 0.4) is 0 Å². The molecule has 130 valence electrons. The zero-order chi connectivity index (χ0) is 17.6. The summed E-state index contributed by atoms with van der Waals surface area (Å²) in [5.74, 6) is 0.399. The van der Waals surface area contributed by atoms with E-state index < -0.39 is 6.61 Å². The lowest BCUT2D eigenvalue weighted by atomic mass is 10.3. The van der Waals surface area contributed by atoms with Crippen molar-refractivity contribution in [2.75, 3.05) is 11.1 Å². The van der Waals surface area contributed by atoms with Crippen LogP contribution in [-0.4, -0.2) is 28.5 Å². The number of hydrogen-bond acceptors (Lipinski definition) is 7. The first-order chi connectivity index (χ1) is 12.1. The van der Waals surface area contributed by atoms with E-state index in [9.17, 15) is 13.6 Å². The van der Waals surface area contributed by atoms with Crippen molar-refractivity contribution in [1.29, 1.82) is 0 Å². The first-order valence-corrected chi connectivity index (χ1v) is 7.93. The quantitative estimate of drug-likeness (QED) is 0.637. The minimum atomic E-state index is -2.89. The van der Waals surface area contributed by atoms with Gasteiger partial charge in [-0.25, -0.2) is 0 Å². The Hall–Kier alpha value is -2.88. The number of hydrogen-bond donors (Lipinski definition) is 1. The van der Waals surface area contributed by atoms with Gasteiger partial charge in [-0.05, 0) is 36.4 Å². The van der Waals surface area contributed by atoms with Gasteiger partial charge in [-0.1, -0.05) is 11.8 Å². The number of carbonyl (C=O) groups excluding carboxylic acids is 1. The maximum absolute atomic E-state index is 12.1. The third kappa shape index (κ3) is 4.80. The van der Waals surface area contributed by atoms with Gasteiger partial charge < -0.3 is 18.9 Å². The van der Waals surface area contributed by atoms with Crippen molar-refractivity contribution in [3.8, 4) is 17.4 Å². The van der Waals surface area contributed by atoms with E-state index in [4.69, 9.17) is 8.83 Å². The molecule has 0 aliphatic heterocycles. The number of nitrogens with one attached hydrogen (secondary N) is 1. The molecule has 0 aliphatic carbocycles. The Labute approximate surface area is 144 Å². The molecule has 0 saturated heterocycles. The first-order valence-electron chi connectivity index (χ1n) is 6.95. The fourth-order valence-electron chi connectivity index (χ4n) is 1.81. The molecule has 0 unspecified atom stereocenters. The predicted octanol–water partition coefficient (Wildman–Crippen LogP) is 3.66. The fraction of sp³-hybridized carbons (Fsp3) is 0.133. The van der Waals surface area contributed by atoms with E-state index in [-0.39, 0.29) is 28.5 Å². The van der Waals surface area contributed by atoms with Crippen LogP contribution in [0.25, 0.3) is 11.7 Å². The van der Waals surface area contributed by atoms with Gasteiger partial charge in [0, 0.05) is 5.69 Å². The molecule has 0 fully saturated rings. The highest BCUT2D eigenvalue weighted by molar-refractivity contribution is 7.99. The molecule has 1 aromatic carbocycles. The van der Waals surface area contributed by atoms with Crippen molar-refractivity contribution in [3.63, 3.8) is 0 Å². The average molecular weight is 367 g/mol. The van der Waals surface area contributed by atoms with Gasteiger partial charge in [-0.2, -0.15) is 8.78 Å². The second-order valence-corrected chi connectivity index (χ2v) is 5.52. The molecule has 1 amide bonds. The van der Waals surface area contributed by atoms with Gasteiger partial charge in [0.25, 0.3) is 11.1 Å². The van der Waals surface area contributed by atoms with Gasteiger partial charge >= 0.3 is 6.61 Å². The number of aromatic nitrogens is 2. The molecule has 7 nitrogen and oxygen atoms in total. The number of rotatable bonds is 7. The number of amides is 1. The highest BCUT2D eigenvalue weighted by Crippen LogP contribution is 2.23. The Balaban J connectivity index is 1.49.